The van der Waals surface area contributed by atoms with Gasteiger partial charge in [0.05, 0.1) is 12.7 Å². The summed E-state index contributed by atoms with van der Waals surface area (Å²) < 4.78 is 10.6. The molecule has 0 heterocycles. The smallest absolute Gasteiger partial charge is 0.410 e. The van der Waals surface area contributed by atoms with Gasteiger partial charge in [-0.1, -0.05) is 61.0 Å². The molecule has 1 amide bonds. The van der Waals surface area contributed by atoms with E-state index in [1.54, 1.807) is 17.7 Å². The van der Waals surface area contributed by atoms with Gasteiger partial charge < -0.3 is 19.7 Å². The highest BCUT2D eigenvalue weighted by Crippen LogP contribution is 2.40. The lowest BCUT2D eigenvalue weighted by atomic mass is 9.85. The van der Waals surface area contributed by atoms with Crippen LogP contribution in [0.5, 0.6) is 0 Å². The molecule has 2 aliphatic rings. The van der Waals surface area contributed by atoms with E-state index in [2.05, 4.69) is 48.6 Å². The Morgan fingerprint density at radius 1 is 1.00 bits per heavy atom. The van der Waals surface area contributed by atoms with Crippen LogP contribution in [0.25, 0.3) is 6.08 Å². The van der Waals surface area contributed by atoms with Crippen LogP contribution < -0.4 is 5.32 Å². The van der Waals surface area contributed by atoms with Gasteiger partial charge in [0, 0.05) is 18.6 Å². The zero-order valence-electron chi connectivity index (χ0n) is 24.8. The Kier molecular flexibility index (Phi) is 10.1. The highest BCUT2D eigenvalue weighted by molar-refractivity contribution is 5.89. The SMILES string of the molecule is CCC(=Cc1ccccc1)C1C[C@@H]1NC[C@H]1CC[C@@H](N(Cc2ccc(C(=O)OC)cc2)C(=O)OC(C)(C)C)CC1. The second kappa shape index (κ2) is 13.5. The first-order valence-corrected chi connectivity index (χ1v) is 14.8. The summed E-state index contributed by atoms with van der Waals surface area (Å²) in [5.41, 5.74) is 3.75. The maximum absolute atomic E-state index is 13.3. The molecule has 0 spiro atoms. The first-order chi connectivity index (χ1) is 19.2. The second-order valence-corrected chi connectivity index (χ2v) is 12.3. The van der Waals surface area contributed by atoms with E-state index in [1.165, 1.54) is 19.1 Å². The molecule has 2 aromatic carbocycles. The van der Waals surface area contributed by atoms with Gasteiger partial charge in [-0.05, 0) is 101 Å². The maximum atomic E-state index is 13.3. The van der Waals surface area contributed by atoms with Gasteiger partial charge in [-0.25, -0.2) is 9.59 Å². The van der Waals surface area contributed by atoms with Crippen molar-refractivity contribution in [3.8, 4) is 0 Å². The fraction of sp³-hybridized carbons (Fsp3) is 0.529. The number of nitrogens with zero attached hydrogens (tertiary/aromatic N) is 1. The van der Waals surface area contributed by atoms with E-state index in [1.807, 2.05) is 37.8 Å². The predicted octanol–water partition coefficient (Wildman–Crippen LogP) is 7.24. The van der Waals surface area contributed by atoms with E-state index in [-0.39, 0.29) is 18.1 Å². The number of rotatable bonds is 10. The number of hydrogen-bond donors (Lipinski definition) is 1. The molecule has 216 valence electrons. The Morgan fingerprint density at radius 2 is 1.68 bits per heavy atom. The first kappa shape index (κ1) is 29.9. The van der Waals surface area contributed by atoms with Gasteiger partial charge in [0.2, 0.25) is 0 Å². The summed E-state index contributed by atoms with van der Waals surface area (Å²) in [7, 11) is 1.38. The zero-order chi connectivity index (χ0) is 28.7. The lowest BCUT2D eigenvalue weighted by Crippen LogP contribution is -2.45. The molecular weight excluding hydrogens is 500 g/mol. The number of carbonyl (C=O) groups is 2. The van der Waals surface area contributed by atoms with Crippen molar-refractivity contribution in [1.82, 2.24) is 10.2 Å². The molecule has 2 atom stereocenters. The van der Waals surface area contributed by atoms with Crippen molar-refractivity contribution in [2.45, 2.75) is 90.4 Å². The van der Waals surface area contributed by atoms with Crippen molar-refractivity contribution in [2.24, 2.45) is 11.8 Å². The van der Waals surface area contributed by atoms with Gasteiger partial charge in [0.15, 0.2) is 0 Å². The normalized spacial score (nSPS) is 22.9. The van der Waals surface area contributed by atoms with Crippen LogP contribution >= 0.6 is 0 Å². The Bertz CT molecular complexity index is 1140. The molecule has 0 aliphatic heterocycles. The number of nitrogens with one attached hydrogen (secondary N) is 1. The largest absolute Gasteiger partial charge is 0.465 e. The van der Waals surface area contributed by atoms with Gasteiger partial charge in [-0.15, -0.1) is 0 Å². The number of carbonyl (C=O) groups excluding carboxylic acids is 2. The maximum Gasteiger partial charge on any atom is 0.410 e. The predicted molar refractivity (Wildman–Crippen MR) is 160 cm³/mol. The van der Waals surface area contributed by atoms with Crippen molar-refractivity contribution in [1.29, 1.82) is 0 Å². The number of hydrogen-bond acceptors (Lipinski definition) is 5. The molecule has 40 heavy (non-hydrogen) atoms. The highest BCUT2D eigenvalue weighted by atomic mass is 16.6. The molecule has 1 N–H and O–H groups in total. The number of methoxy groups -OCH3 is 1. The molecule has 2 saturated carbocycles. The molecule has 2 aliphatic carbocycles. The molecule has 4 rings (SSSR count). The molecule has 1 unspecified atom stereocenters. The van der Waals surface area contributed by atoms with E-state index < -0.39 is 5.60 Å². The third-order valence-electron chi connectivity index (χ3n) is 8.11. The van der Waals surface area contributed by atoms with E-state index >= 15 is 0 Å². The molecule has 6 nitrogen and oxygen atoms in total. The van der Waals surface area contributed by atoms with Gasteiger partial charge >= 0.3 is 12.1 Å². The fourth-order valence-electron chi connectivity index (χ4n) is 5.77. The Labute approximate surface area is 240 Å². The number of esters is 1. The van der Waals surface area contributed by atoms with Crippen molar-refractivity contribution >= 4 is 18.1 Å². The molecule has 0 aromatic heterocycles. The van der Waals surface area contributed by atoms with Crippen LogP contribution in [0.1, 0.15) is 87.7 Å². The molecule has 0 bridgehead atoms. The summed E-state index contributed by atoms with van der Waals surface area (Å²) in [4.78, 5) is 27.0. The minimum atomic E-state index is -0.557. The lowest BCUT2D eigenvalue weighted by molar-refractivity contribution is 0.00796. The van der Waals surface area contributed by atoms with Crippen LogP contribution in [0.2, 0.25) is 0 Å². The summed E-state index contributed by atoms with van der Waals surface area (Å²) in [6.07, 6.45) is 8.53. The van der Waals surface area contributed by atoms with Gasteiger partial charge in [0.25, 0.3) is 0 Å². The minimum Gasteiger partial charge on any atom is -0.465 e. The van der Waals surface area contributed by atoms with E-state index in [9.17, 15) is 9.59 Å². The first-order valence-electron chi connectivity index (χ1n) is 14.8. The number of amides is 1. The van der Waals surface area contributed by atoms with Crippen molar-refractivity contribution < 1.29 is 19.1 Å². The standard InChI is InChI=1S/C34H46N2O4/c1-6-27(20-24-10-8-7-9-11-24)30-21-31(30)35-22-25-14-18-29(19-15-25)36(33(38)40-34(2,3)4)23-26-12-16-28(17-13-26)32(37)39-5/h7-13,16-17,20,25,29-31,35H,6,14-15,18-19,21-23H2,1-5H3/t25-,29+,30?,31-/m0/s1. The van der Waals surface area contributed by atoms with Crippen LogP contribution in [-0.4, -0.2) is 48.3 Å². The molecule has 0 saturated heterocycles. The lowest BCUT2D eigenvalue weighted by Gasteiger charge is -2.38. The van der Waals surface area contributed by atoms with Crippen molar-refractivity contribution in [2.75, 3.05) is 13.7 Å². The monoisotopic (exact) mass is 546 g/mol. The Morgan fingerprint density at radius 3 is 2.27 bits per heavy atom. The fourth-order valence-corrected chi connectivity index (χ4v) is 5.77. The second-order valence-electron chi connectivity index (χ2n) is 12.3. The minimum absolute atomic E-state index is 0.139. The van der Waals surface area contributed by atoms with Gasteiger partial charge in [-0.2, -0.15) is 0 Å². The topological polar surface area (TPSA) is 67.9 Å². The van der Waals surface area contributed by atoms with Gasteiger partial charge in [0.1, 0.15) is 5.60 Å². The van der Waals surface area contributed by atoms with Crippen molar-refractivity contribution in [3.05, 3.63) is 76.9 Å². The van der Waals surface area contributed by atoms with E-state index in [4.69, 9.17) is 9.47 Å². The zero-order valence-corrected chi connectivity index (χ0v) is 24.8. The van der Waals surface area contributed by atoms with E-state index in [0.29, 0.717) is 30.0 Å². The molecular formula is C34H46N2O4. The van der Waals surface area contributed by atoms with Crippen LogP contribution in [0.4, 0.5) is 4.79 Å². The molecule has 2 fully saturated rings. The quantitative estimate of drug-likeness (QED) is 0.318. The molecule has 6 heteroatoms. The highest BCUT2D eigenvalue weighted by Gasteiger charge is 2.39. The van der Waals surface area contributed by atoms with Crippen LogP contribution in [0.15, 0.2) is 60.2 Å². The Hall–Kier alpha value is -3.12. The number of benzene rings is 2. The molecule has 2 aromatic rings. The Balaban J connectivity index is 1.30. The summed E-state index contributed by atoms with van der Waals surface area (Å²) in [5, 5.41) is 3.85. The van der Waals surface area contributed by atoms with Gasteiger partial charge in [-0.3, -0.25) is 0 Å². The van der Waals surface area contributed by atoms with Crippen LogP contribution in [0, 0.1) is 11.8 Å². The average molecular weight is 547 g/mol. The summed E-state index contributed by atoms with van der Waals surface area (Å²) in [5.74, 6) is 0.911. The average Bonchev–Trinajstić information content (AvgIpc) is 3.73. The van der Waals surface area contributed by atoms with Crippen LogP contribution in [-0.2, 0) is 16.0 Å². The summed E-state index contributed by atoms with van der Waals surface area (Å²) in [6.45, 7) is 9.47. The third kappa shape index (κ3) is 8.44. The third-order valence-corrected chi connectivity index (χ3v) is 8.11. The summed E-state index contributed by atoms with van der Waals surface area (Å²) >= 11 is 0. The molecule has 0 radical (unpaired) electrons. The van der Waals surface area contributed by atoms with Crippen LogP contribution in [0.3, 0.4) is 0 Å². The number of ether oxygens (including phenoxy) is 2. The van der Waals surface area contributed by atoms with Crippen molar-refractivity contribution in [3.63, 3.8) is 0 Å². The summed E-state index contributed by atoms with van der Waals surface area (Å²) in [6, 6.07) is 18.6. The van der Waals surface area contributed by atoms with E-state index in [0.717, 1.165) is 44.2 Å².